The summed E-state index contributed by atoms with van der Waals surface area (Å²) >= 11 is 17.9. The zero-order chi connectivity index (χ0) is 13.8. The largest absolute Gasteiger partial charge is 0.327 e. The van der Waals surface area contributed by atoms with Crippen molar-refractivity contribution in [3.63, 3.8) is 0 Å². The normalized spacial score (nSPS) is 12.4. The Morgan fingerprint density at radius 1 is 0.842 bits per heavy atom. The smallest absolute Gasteiger partial charge is 0.0439 e. The van der Waals surface area contributed by atoms with E-state index in [2.05, 4.69) is 0 Å². The van der Waals surface area contributed by atoms with Crippen LogP contribution in [0.25, 0.3) is 0 Å². The Hall–Kier alpha value is -0.730. The molecule has 1 unspecified atom stereocenters. The number of rotatable bonds is 4. The second-order valence-corrected chi connectivity index (χ2v) is 5.81. The fraction of sp³-hybridized carbons (Fsp3) is 0.200. The van der Waals surface area contributed by atoms with Crippen molar-refractivity contribution in [2.45, 2.75) is 18.9 Å². The van der Waals surface area contributed by atoms with Gasteiger partial charge >= 0.3 is 0 Å². The van der Waals surface area contributed by atoms with Gasteiger partial charge in [0.15, 0.2) is 0 Å². The van der Waals surface area contributed by atoms with Crippen molar-refractivity contribution in [1.29, 1.82) is 0 Å². The molecule has 19 heavy (non-hydrogen) atoms. The van der Waals surface area contributed by atoms with Gasteiger partial charge in [0, 0.05) is 21.1 Å². The molecule has 2 rings (SSSR count). The first-order valence-electron chi connectivity index (χ1n) is 5.98. The molecular weight excluding hydrogens is 301 g/mol. The molecule has 0 saturated heterocycles. The van der Waals surface area contributed by atoms with Crippen LogP contribution < -0.4 is 5.73 Å². The summed E-state index contributed by atoms with van der Waals surface area (Å²) in [5, 5.41) is 2.12. The molecule has 0 spiro atoms. The van der Waals surface area contributed by atoms with Crippen molar-refractivity contribution in [3.8, 4) is 0 Å². The van der Waals surface area contributed by atoms with E-state index in [1.165, 1.54) is 0 Å². The lowest BCUT2D eigenvalue weighted by molar-refractivity contribution is 0.665. The van der Waals surface area contributed by atoms with Crippen molar-refractivity contribution in [2.24, 2.45) is 5.73 Å². The summed E-state index contributed by atoms with van der Waals surface area (Å²) in [7, 11) is 0. The van der Waals surface area contributed by atoms with Gasteiger partial charge in [-0.1, -0.05) is 46.9 Å². The van der Waals surface area contributed by atoms with E-state index in [-0.39, 0.29) is 6.04 Å². The zero-order valence-electron chi connectivity index (χ0n) is 10.2. The Balaban J connectivity index is 2.02. The van der Waals surface area contributed by atoms with Gasteiger partial charge in [-0.2, -0.15) is 0 Å². The van der Waals surface area contributed by atoms with Gasteiger partial charge in [0.2, 0.25) is 0 Å². The molecule has 1 atom stereocenters. The van der Waals surface area contributed by atoms with Crippen LogP contribution in [0.3, 0.4) is 0 Å². The van der Waals surface area contributed by atoms with Crippen LogP contribution in [0, 0.1) is 0 Å². The Morgan fingerprint density at radius 2 is 1.47 bits per heavy atom. The molecule has 4 heteroatoms. The highest BCUT2D eigenvalue weighted by molar-refractivity contribution is 6.33. The molecule has 0 aromatic heterocycles. The molecule has 0 fully saturated rings. The third-order valence-corrected chi connectivity index (χ3v) is 3.76. The highest BCUT2D eigenvalue weighted by atomic mass is 35.5. The minimum atomic E-state index is -0.00265. The number of hydrogen-bond donors (Lipinski definition) is 1. The molecule has 100 valence electrons. The molecule has 0 heterocycles. The summed E-state index contributed by atoms with van der Waals surface area (Å²) in [6.45, 7) is 0. The van der Waals surface area contributed by atoms with E-state index >= 15 is 0 Å². The van der Waals surface area contributed by atoms with Gasteiger partial charge in [-0.25, -0.2) is 0 Å². The number of hydrogen-bond acceptors (Lipinski definition) is 1. The minimum absolute atomic E-state index is 0.00265. The van der Waals surface area contributed by atoms with Crippen LogP contribution in [-0.2, 0) is 12.8 Å². The minimum Gasteiger partial charge on any atom is -0.327 e. The molecule has 0 amide bonds. The maximum absolute atomic E-state index is 6.16. The van der Waals surface area contributed by atoms with Gasteiger partial charge in [0.1, 0.15) is 0 Å². The molecule has 2 aromatic rings. The Morgan fingerprint density at radius 3 is 2.16 bits per heavy atom. The second-order valence-electron chi connectivity index (χ2n) is 4.53. The first-order chi connectivity index (χ1) is 9.04. The maximum Gasteiger partial charge on any atom is 0.0439 e. The Labute approximate surface area is 128 Å². The second kappa shape index (κ2) is 6.62. The number of nitrogens with two attached hydrogens (primary N) is 1. The molecule has 2 N–H and O–H groups in total. The van der Waals surface area contributed by atoms with E-state index < -0.39 is 0 Å². The van der Waals surface area contributed by atoms with Gasteiger partial charge in [-0.3, -0.25) is 0 Å². The molecule has 0 aliphatic rings. The average molecular weight is 315 g/mol. The summed E-state index contributed by atoms with van der Waals surface area (Å²) < 4.78 is 0. The SMILES string of the molecule is NC(Cc1ccc(Cl)cc1)Cc1cc(Cl)ccc1Cl. The molecule has 0 radical (unpaired) electrons. The third-order valence-electron chi connectivity index (χ3n) is 2.90. The van der Waals surface area contributed by atoms with E-state index in [4.69, 9.17) is 40.5 Å². The van der Waals surface area contributed by atoms with E-state index in [1.54, 1.807) is 12.1 Å². The van der Waals surface area contributed by atoms with Crippen LogP contribution in [0.2, 0.25) is 15.1 Å². The standard InChI is InChI=1S/C15H14Cl3N/c16-12-3-1-10(2-4-12)7-14(19)9-11-8-13(17)5-6-15(11)18/h1-6,8,14H,7,9,19H2. The van der Waals surface area contributed by atoms with Crippen molar-refractivity contribution in [2.75, 3.05) is 0 Å². The lowest BCUT2D eigenvalue weighted by Crippen LogP contribution is -2.25. The van der Waals surface area contributed by atoms with Crippen LogP contribution in [0.4, 0.5) is 0 Å². The number of benzene rings is 2. The summed E-state index contributed by atoms with van der Waals surface area (Å²) in [5.74, 6) is 0. The van der Waals surface area contributed by atoms with Crippen molar-refractivity contribution in [3.05, 3.63) is 68.7 Å². The first kappa shape index (κ1) is 14.7. The van der Waals surface area contributed by atoms with Crippen molar-refractivity contribution >= 4 is 34.8 Å². The van der Waals surface area contributed by atoms with Crippen molar-refractivity contribution < 1.29 is 0 Å². The predicted octanol–water partition coefficient (Wildman–Crippen LogP) is 4.76. The zero-order valence-corrected chi connectivity index (χ0v) is 12.5. The fourth-order valence-electron chi connectivity index (χ4n) is 1.98. The summed E-state index contributed by atoms with van der Waals surface area (Å²) in [5.41, 5.74) is 8.30. The maximum atomic E-state index is 6.16. The predicted molar refractivity (Wildman–Crippen MR) is 83.3 cm³/mol. The molecule has 0 aliphatic heterocycles. The quantitative estimate of drug-likeness (QED) is 0.865. The Bertz CT molecular complexity index is 552. The molecule has 0 bridgehead atoms. The summed E-state index contributed by atoms with van der Waals surface area (Å²) in [6, 6.07) is 13.2. The van der Waals surface area contributed by atoms with Gasteiger partial charge < -0.3 is 5.73 Å². The van der Waals surface area contributed by atoms with Crippen molar-refractivity contribution in [1.82, 2.24) is 0 Å². The van der Waals surface area contributed by atoms with Gasteiger partial charge in [-0.05, 0) is 54.3 Å². The van der Waals surface area contributed by atoms with Crippen LogP contribution in [0.1, 0.15) is 11.1 Å². The highest BCUT2D eigenvalue weighted by Crippen LogP contribution is 2.22. The average Bonchev–Trinajstić information content (AvgIpc) is 2.37. The monoisotopic (exact) mass is 313 g/mol. The molecule has 0 aliphatic carbocycles. The molecule has 2 aromatic carbocycles. The molecule has 1 nitrogen and oxygen atoms in total. The van der Waals surface area contributed by atoms with Gasteiger partial charge in [-0.15, -0.1) is 0 Å². The van der Waals surface area contributed by atoms with Crippen LogP contribution in [0.15, 0.2) is 42.5 Å². The highest BCUT2D eigenvalue weighted by Gasteiger charge is 2.09. The first-order valence-corrected chi connectivity index (χ1v) is 7.12. The van der Waals surface area contributed by atoms with E-state index in [9.17, 15) is 0 Å². The lowest BCUT2D eigenvalue weighted by atomic mass is 10.00. The fourth-order valence-corrected chi connectivity index (χ4v) is 2.49. The van der Waals surface area contributed by atoms with Crippen LogP contribution >= 0.6 is 34.8 Å². The molecule has 0 saturated carbocycles. The third kappa shape index (κ3) is 4.39. The summed E-state index contributed by atoms with van der Waals surface area (Å²) in [6.07, 6.45) is 1.47. The van der Waals surface area contributed by atoms with Crippen LogP contribution in [0.5, 0.6) is 0 Å². The molecular formula is C15H14Cl3N. The van der Waals surface area contributed by atoms with Gasteiger partial charge in [0.05, 0.1) is 0 Å². The van der Waals surface area contributed by atoms with E-state index in [1.807, 2.05) is 30.3 Å². The Kier molecular flexibility index (Phi) is 5.12. The van der Waals surface area contributed by atoms with E-state index in [0.717, 1.165) is 22.6 Å². The summed E-state index contributed by atoms with van der Waals surface area (Å²) in [4.78, 5) is 0. The number of halogens is 3. The lowest BCUT2D eigenvalue weighted by Gasteiger charge is -2.13. The van der Waals surface area contributed by atoms with Crippen LogP contribution in [-0.4, -0.2) is 6.04 Å². The topological polar surface area (TPSA) is 26.0 Å². The van der Waals surface area contributed by atoms with E-state index in [0.29, 0.717) is 16.5 Å². The van der Waals surface area contributed by atoms with Gasteiger partial charge in [0.25, 0.3) is 0 Å².